The minimum absolute atomic E-state index is 0.282. The Hall–Kier alpha value is -0.830. The molecule has 0 amide bonds. The molecule has 74 valence electrons. The Balaban J connectivity index is 2.35. The van der Waals surface area contributed by atoms with Crippen molar-refractivity contribution in [1.29, 1.82) is 0 Å². The number of rotatable bonds is 5. The first-order valence-corrected chi connectivity index (χ1v) is 4.78. The largest absolute Gasteiger partial charge is 0.399 e. The summed E-state index contributed by atoms with van der Waals surface area (Å²) in [5.41, 5.74) is 2.38. The highest BCUT2D eigenvalue weighted by Crippen LogP contribution is 2.20. The van der Waals surface area contributed by atoms with Gasteiger partial charge in [0.1, 0.15) is 7.11 Å². The maximum Gasteiger partial charge on any atom is 0.106 e. The lowest BCUT2D eigenvalue weighted by atomic mass is 10.1. The van der Waals surface area contributed by atoms with E-state index >= 15 is 0 Å². The van der Waals surface area contributed by atoms with Crippen LogP contribution in [0, 0.1) is 0 Å². The Morgan fingerprint density at radius 1 is 1.54 bits per heavy atom. The number of allylic oxidation sites excluding steroid dienone is 2. The van der Waals surface area contributed by atoms with E-state index in [1.54, 1.807) is 7.11 Å². The first kappa shape index (κ1) is 10.3. The molecule has 0 radical (unpaired) electrons. The molecule has 0 aliphatic heterocycles. The molecule has 0 fully saturated rings. The van der Waals surface area contributed by atoms with Crippen LogP contribution in [0.4, 0.5) is 0 Å². The van der Waals surface area contributed by atoms with Gasteiger partial charge in [0, 0.05) is 6.61 Å². The van der Waals surface area contributed by atoms with Gasteiger partial charge in [-0.15, -0.1) is 0 Å². The van der Waals surface area contributed by atoms with Crippen molar-refractivity contribution in [2.45, 2.75) is 32.1 Å². The fourth-order valence-electron chi connectivity index (χ4n) is 1.55. The van der Waals surface area contributed by atoms with Crippen LogP contribution in [-0.4, -0.2) is 24.5 Å². The number of nitrogens with zero attached hydrogens (tertiary/aromatic N) is 1. The lowest BCUT2D eigenvalue weighted by Crippen LogP contribution is -1.98. The minimum atomic E-state index is 0.282. The molecular weight excluding hydrogens is 166 g/mol. The van der Waals surface area contributed by atoms with Gasteiger partial charge in [0.25, 0.3) is 0 Å². The van der Waals surface area contributed by atoms with Crippen molar-refractivity contribution >= 4 is 5.71 Å². The SMILES string of the molecule is CON=C1CCC=C1CCCCO. The summed E-state index contributed by atoms with van der Waals surface area (Å²) in [4.78, 5) is 4.76. The maximum atomic E-state index is 8.64. The normalized spacial score (nSPS) is 19.2. The van der Waals surface area contributed by atoms with E-state index < -0.39 is 0 Å². The summed E-state index contributed by atoms with van der Waals surface area (Å²) in [5.74, 6) is 0. The van der Waals surface area contributed by atoms with Gasteiger partial charge in [0.15, 0.2) is 0 Å². The standard InChI is InChI=1S/C10H17NO2/c1-13-11-10-7-4-6-9(10)5-2-3-8-12/h6,12H,2-5,7-8H2,1H3. The monoisotopic (exact) mass is 183 g/mol. The summed E-state index contributed by atoms with van der Waals surface area (Å²) >= 11 is 0. The average Bonchev–Trinajstić information content (AvgIpc) is 2.54. The predicted molar refractivity (Wildman–Crippen MR) is 52.7 cm³/mol. The summed E-state index contributed by atoms with van der Waals surface area (Å²) in [5, 5.41) is 12.6. The molecule has 3 heteroatoms. The topological polar surface area (TPSA) is 41.8 Å². The van der Waals surface area contributed by atoms with Crippen molar-refractivity contribution in [2.24, 2.45) is 5.16 Å². The predicted octanol–water partition coefficient (Wildman–Crippen LogP) is 1.87. The number of hydrogen-bond acceptors (Lipinski definition) is 3. The average molecular weight is 183 g/mol. The maximum absolute atomic E-state index is 8.64. The van der Waals surface area contributed by atoms with E-state index in [9.17, 15) is 0 Å². The van der Waals surface area contributed by atoms with Crippen LogP contribution in [0.1, 0.15) is 32.1 Å². The molecule has 0 aromatic heterocycles. The molecule has 0 heterocycles. The van der Waals surface area contributed by atoms with Gasteiger partial charge < -0.3 is 9.94 Å². The Labute approximate surface area is 79.1 Å². The second-order valence-corrected chi connectivity index (χ2v) is 3.17. The van der Waals surface area contributed by atoms with Crippen molar-refractivity contribution in [1.82, 2.24) is 0 Å². The quantitative estimate of drug-likeness (QED) is 0.522. The van der Waals surface area contributed by atoms with Crippen molar-refractivity contribution in [2.75, 3.05) is 13.7 Å². The van der Waals surface area contributed by atoms with Gasteiger partial charge in [0.2, 0.25) is 0 Å². The van der Waals surface area contributed by atoms with E-state index in [2.05, 4.69) is 11.2 Å². The summed E-state index contributed by atoms with van der Waals surface area (Å²) < 4.78 is 0. The smallest absolute Gasteiger partial charge is 0.106 e. The Bertz CT molecular complexity index is 209. The molecule has 1 aliphatic rings. The summed E-state index contributed by atoms with van der Waals surface area (Å²) in [6.45, 7) is 0.282. The van der Waals surface area contributed by atoms with Crippen molar-refractivity contribution in [3.63, 3.8) is 0 Å². The molecule has 0 atom stereocenters. The van der Waals surface area contributed by atoms with Crippen molar-refractivity contribution < 1.29 is 9.94 Å². The molecule has 1 aliphatic carbocycles. The van der Waals surface area contributed by atoms with Gasteiger partial charge >= 0.3 is 0 Å². The summed E-state index contributed by atoms with van der Waals surface area (Å²) in [6.07, 6.45) is 7.22. The second-order valence-electron chi connectivity index (χ2n) is 3.17. The second kappa shape index (κ2) is 5.75. The zero-order chi connectivity index (χ0) is 9.52. The van der Waals surface area contributed by atoms with Crippen LogP contribution in [0.25, 0.3) is 0 Å². The third-order valence-corrected chi connectivity index (χ3v) is 2.20. The third-order valence-electron chi connectivity index (χ3n) is 2.20. The summed E-state index contributed by atoms with van der Waals surface area (Å²) in [6, 6.07) is 0. The molecular formula is C10H17NO2. The molecule has 0 spiro atoms. The van der Waals surface area contributed by atoms with E-state index in [0.717, 1.165) is 37.8 Å². The van der Waals surface area contributed by atoms with Gasteiger partial charge in [0.05, 0.1) is 5.71 Å². The molecule has 0 aromatic carbocycles. The molecule has 0 saturated heterocycles. The number of unbranched alkanes of at least 4 members (excludes halogenated alkanes) is 1. The lowest BCUT2D eigenvalue weighted by molar-refractivity contribution is 0.213. The lowest BCUT2D eigenvalue weighted by Gasteiger charge is -2.02. The Kier molecular flexibility index (Phi) is 4.54. The number of aliphatic hydroxyl groups excluding tert-OH is 1. The van der Waals surface area contributed by atoms with Gasteiger partial charge in [-0.3, -0.25) is 0 Å². The minimum Gasteiger partial charge on any atom is -0.399 e. The number of hydrogen-bond donors (Lipinski definition) is 1. The van der Waals surface area contributed by atoms with Crippen LogP contribution in [0.5, 0.6) is 0 Å². The van der Waals surface area contributed by atoms with E-state index in [-0.39, 0.29) is 6.61 Å². The highest BCUT2D eigenvalue weighted by molar-refractivity contribution is 6.01. The van der Waals surface area contributed by atoms with E-state index in [4.69, 9.17) is 9.94 Å². The van der Waals surface area contributed by atoms with Crippen LogP contribution in [0.15, 0.2) is 16.8 Å². The zero-order valence-corrected chi connectivity index (χ0v) is 8.12. The number of oxime groups is 1. The first-order chi connectivity index (χ1) is 6.38. The van der Waals surface area contributed by atoms with Crippen LogP contribution in [0.3, 0.4) is 0 Å². The Morgan fingerprint density at radius 3 is 3.08 bits per heavy atom. The molecule has 0 unspecified atom stereocenters. The fourth-order valence-corrected chi connectivity index (χ4v) is 1.55. The van der Waals surface area contributed by atoms with Crippen LogP contribution in [0.2, 0.25) is 0 Å². The van der Waals surface area contributed by atoms with Crippen molar-refractivity contribution in [3.8, 4) is 0 Å². The highest BCUT2D eigenvalue weighted by Gasteiger charge is 2.12. The Morgan fingerprint density at radius 2 is 2.38 bits per heavy atom. The summed E-state index contributed by atoms with van der Waals surface area (Å²) in [7, 11) is 1.58. The number of aliphatic hydroxyl groups is 1. The molecule has 1 N–H and O–H groups in total. The van der Waals surface area contributed by atoms with Gasteiger partial charge in [-0.05, 0) is 37.7 Å². The van der Waals surface area contributed by atoms with E-state index in [1.807, 2.05) is 0 Å². The first-order valence-electron chi connectivity index (χ1n) is 4.78. The molecule has 0 bridgehead atoms. The van der Waals surface area contributed by atoms with Gasteiger partial charge in [-0.25, -0.2) is 0 Å². The third kappa shape index (κ3) is 3.19. The molecule has 0 aromatic rings. The molecule has 13 heavy (non-hydrogen) atoms. The molecule has 3 nitrogen and oxygen atoms in total. The van der Waals surface area contributed by atoms with Crippen molar-refractivity contribution in [3.05, 3.63) is 11.6 Å². The molecule has 1 rings (SSSR count). The zero-order valence-electron chi connectivity index (χ0n) is 8.12. The fraction of sp³-hybridized carbons (Fsp3) is 0.700. The molecule has 0 saturated carbocycles. The van der Waals surface area contributed by atoms with Crippen LogP contribution in [-0.2, 0) is 4.84 Å². The van der Waals surface area contributed by atoms with Gasteiger partial charge in [-0.1, -0.05) is 11.2 Å². The van der Waals surface area contributed by atoms with E-state index in [1.165, 1.54) is 5.57 Å². The van der Waals surface area contributed by atoms with Crippen LogP contribution < -0.4 is 0 Å². The van der Waals surface area contributed by atoms with E-state index in [0.29, 0.717) is 0 Å². The van der Waals surface area contributed by atoms with Crippen LogP contribution >= 0.6 is 0 Å². The highest BCUT2D eigenvalue weighted by atomic mass is 16.6. The van der Waals surface area contributed by atoms with Gasteiger partial charge in [-0.2, -0.15) is 0 Å².